The first-order chi connectivity index (χ1) is 9.09. The fourth-order valence-corrected chi connectivity index (χ4v) is 2.97. The summed E-state index contributed by atoms with van der Waals surface area (Å²) in [6, 6.07) is 3.81. The standard InChI is InChI=1S/C14H18Cl3NO/c1-9(18-8-10-4-2-3-7-19-10)11-5-6-12(15)14(17)13(11)16/h5-6,9-10,18H,2-4,7-8H2,1H3. The van der Waals surface area contributed by atoms with Gasteiger partial charge >= 0.3 is 0 Å². The predicted octanol–water partition coefficient (Wildman–Crippen LogP) is 4.87. The summed E-state index contributed by atoms with van der Waals surface area (Å²) in [6.07, 6.45) is 3.84. The Morgan fingerprint density at radius 3 is 2.74 bits per heavy atom. The van der Waals surface area contributed by atoms with Gasteiger partial charge in [0.05, 0.1) is 21.2 Å². The van der Waals surface area contributed by atoms with Gasteiger partial charge in [0.1, 0.15) is 0 Å². The summed E-state index contributed by atoms with van der Waals surface area (Å²) in [5.74, 6) is 0. The molecule has 1 aliphatic heterocycles. The van der Waals surface area contributed by atoms with Gasteiger partial charge < -0.3 is 10.1 Å². The van der Waals surface area contributed by atoms with Crippen LogP contribution >= 0.6 is 34.8 Å². The minimum Gasteiger partial charge on any atom is -0.377 e. The minimum atomic E-state index is 0.118. The SMILES string of the molecule is CC(NCC1CCCCO1)c1ccc(Cl)c(Cl)c1Cl. The van der Waals surface area contributed by atoms with Gasteiger partial charge in [-0.3, -0.25) is 0 Å². The van der Waals surface area contributed by atoms with E-state index in [2.05, 4.69) is 12.2 Å². The fourth-order valence-electron chi connectivity index (χ4n) is 2.26. The van der Waals surface area contributed by atoms with Gasteiger partial charge in [-0.15, -0.1) is 0 Å². The lowest BCUT2D eigenvalue weighted by molar-refractivity contribution is 0.0156. The molecule has 1 saturated heterocycles. The molecular formula is C14H18Cl3NO. The van der Waals surface area contributed by atoms with Crippen LogP contribution in [0.1, 0.15) is 37.8 Å². The predicted molar refractivity (Wildman–Crippen MR) is 81.5 cm³/mol. The van der Waals surface area contributed by atoms with Crippen molar-refractivity contribution in [2.45, 2.75) is 38.3 Å². The smallest absolute Gasteiger partial charge is 0.0781 e. The van der Waals surface area contributed by atoms with Gasteiger partial charge in [-0.2, -0.15) is 0 Å². The molecule has 1 heterocycles. The molecule has 19 heavy (non-hydrogen) atoms. The number of benzene rings is 1. The monoisotopic (exact) mass is 321 g/mol. The Kier molecular flexibility index (Phi) is 5.79. The van der Waals surface area contributed by atoms with Crippen molar-refractivity contribution in [3.8, 4) is 0 Å². The molecular weight excluding hydrogens is 305 g/mol. The van der Waals surface area contributed by atoms with E-state index in [0.717, 1.165) is 25.1 Å². The molecule has 0 aliphatic carbocycles. The second kappa shape index (κ2) is 7.14. The largest absolute Gasteiger partial charge is 0.377 e. The summed E-state index contributed by atoms with van der Waals surface area (Å²) in [5.41, 5.74) is 0.965. The first-order valence-corrected chi connectivity index (χ1v) is 7.71. The average molecular weight is 323 g/mol. The van der Waals surface area contributed by atoms with Crippen LogP contribution < -0.4 is 5.32 Å². The van der Waals surface area contributed by atoms with Crippen LogP contribution in [0, 0.1) is 0 Å². The zero-order valence-electron chi connectivity index (χ0n) is 10.9. The van der Waals surface area contributed by atoms with E-state index in [-0.39, 0.29) is 6.04 Å². The van der Waals surface area contributed by atoms with Crippen LogP contribution in [0.4, 0.5) is 0 Å². The van der Waals surface area contributed by atoms with E-state index in [1.165, 1.54) is 12.8 Å². The van der Waals surface area contributed by atoms with E-state index in [9.17, 15) is 0 Å². The molecule has 0 spiro atoms. The van der Waals surface area contributed by atoms with E-state index >= 15 is 0 Å². The van der Waals surface area contributed by atoms with Gasteiger partial charge in [0.25, 0.3) is 0 Å². The highest BCUT2D eigenvalue weighted by Gasteiger charge is 2.17. The normalized spacial score (nSPS) is 21.4. The van der Waals surface area contributed by atoms with Crippen molar-refractivity contribution >= 4 is 34.8 Å². The third kappa shape index (κ3) is 3.99. The molecule has 0 radical (unpaired) electrons. The molecule has 1 aromatic rings. The number of nitrogens with one attached hydrogen (secondary N) is 1. The van der Waals surface area contributed by atoms with Crippen molar-refractivity contribution < 1.29 is 4.74 Å². The summed E-state index contributed by atoms with van der Waals surface area (Å²) in [4.78, 5) is 0. The van der Waals surface area contributed by atoms with Crippen LogP contribution in [0.5, 0.6) is 0 Å². The van der Waals surface area contributed by atoms with Crippen LogP contribution in [-0.2, 0) is 4.74 Å². The maximum atomic E-state index is 6.23. The van der Waals surface area contributed by atoms with Crippen LogP contribution in [-0.4, -0.2) is 19.3 Å². The van der Waals surface area contributed by atoms with Crippen molar-refractivity contribution in [3.63, 3.8) is 0 Å². The molecule has 2 rings (SSSR count). The van der Waals surface area contributed by atoms with Crippen LogP contribution in [0.2, 0.25) is 15.1 Å². The van der Waals surface area contributed by atoms with Crippen molar-refractivity contribution in [1.82, 2.24) is 5.32 Å². The minimum absolute atomic E-state index is 0.118. The topological polar surface area (TPSA) is 21.3 Å². The van der Waals surface area contributed by atoms with Crippen molar-refractivity contribution in [2.24, 2.45) is 0 Å². The van der Waals surface area contributed by atoms with Gasteiger partial charge in [-0.25, -0.2) is 0 Å². The fraction of sp³-hybridized carbons (Fsp3) is 0.571. The van der Waals surface area contributed by atoms with Gasteiger partial charge in [-0.1, -0.05) is 40.9 Å². The maximum absolute atomic E-state index is 6.23. The molecule has 0 saturated carbocycles. The summed E-state index contributed by atoms with van der Waals surface area (Å²) < 4.78 is 5.69. The molecule has 106 valence electrons. The number of hydrogen-bond donors (Lipinski definition) is 1. The molecule has 1 N–H and O–H groups in total. The Morgan fingerprint density at radius 2 is 2.05 bits per heavy atom. The molecule has 1 aromatic carbocycles. The molecule has 0 bridgehead atoms. The van der Waals surface area contributed by atoms with E-state index in [4.69, 9.17) is 39.5 Å². The molecule has 2 atom stereocenters. The molecule has 0 aromatic heterocycles. The van der Waals surface area contributed by atoms with Crippen molar-refractivity contribution in [1.29, 1.82) is 0 Å². The molecule has 1 aliphatic rings. The zero-order chi connectivity index (χ0) is 13.8. The third-order valence-electron chi connectivity index (χ3n) is 3.46. The Balaban J connectivity index is 1.95. The summed E-state index contributed by atoms with van der Waals surface area (Å²) in [5, 5.41) is 4.88. The first-order valence-electron chi connectivity index (χ1n) is 6.58. The van der Waals surface area contributed by atoms with E-state index < -0.39 is 0 Å². The van der Waals surface area contributed by atoms with Crippen LogP contribution in [0.3, 0.4) is 0 Å². The van der Waals surface area contributed by atoms with E-state index in [1.54, 1.807) is 6.07 Å². The second-order valence-electron chi connectivity index (χ2n) is 4.88. The number of halogens is 3. The van der Waals surface area contributed by atoms with E-state index in [0.29, 0.717) is 21.2 Å². The van der Waals surface area contributed by atoms with Gasteiger partial charge in [0.2, 0.25) is 0 Å². The Morgan fingerprint density at radius 1 is 1.26 bits per heavy atom. The average Bonchev–Trinajstić information content (AvgIpc) is 2.43. The Hall–Kier alpha value is 0.01000. The van der Waals surface area contributed by atoms with Gasteiger partial charge in [0.15, 0.2) is 0 Å². The van der Waals surface area contributed by atoms with Gasteiger partial charge in [-0.05, 0) is 37.8 Å². The van der Waals surface area contributed by atoms with Crippen LogP contribution in [0.15, 0.2) is 12.1 Å². The van der Waals surface area contributed by atoms with Crippen molar-refractivity contribution in [3.05, 3.63) is 32.8 Å². The molecule has 2 unspecified atom stereocenters. The zero-order valence-corrected chi connectivity index (χ0v) is 13.2. The lowest BCUT2D eigenvalue weighted by Gasteiger charge is -2.25. The number of rotatable bonds is 4. The molecule has 2 nitrogen and oxygen atoms in total. The van der Waals surface area contributed by atoms with Crippen LogP contribution in [0.25, 0.3) is 0 Å². The summed E-state index contributed by atoms with van der Waals surface area (Å²) in [7, 11) is 0. The number of hydrogen-bond acceptors (Lipinski definition) is 2. The first kappa shape index (κ1) is 15.4. The lowest BCUT2D eigenvalue weighted by Crippen LogP contribution is -2.33. The molecule has 5 heteroatoms. The molecule has 0 amide bonds. The summed E-state index contributed by atoms with van der Waals surface area (Å²) in [6.45, 7) is 3.76. The quantitative estimate of drug-likeness (QED) is 0.799. The highest BCUT2D eigenvalue weighted by molar-refractivity contribution is 6.48. The molecule has 1 fully saturated rings. The Bertz CT molecular complexity index is 433. The number of ether oxygens (including phenoxy) is 1. The van der Waals surface area contributed by atoms with Crippen molar-refractivity contribution in [2.75, 3.05) is 13.2 Å². The third-order valence-corrected chi connectivity index (χ3v) is 4.77. The Labute approximate surface area is 129 Å². The van der Waals surface area contributed by atoms with Gasteiger partial charge in [0, 0.05) is 19.2 Å². The van der Waals surface area contributed by atoms with E-state index in [1.807, 2.05) is 6.07 Å². The highest BCUT2D eigenvalue weighted by atomic mass is 35.5. The maximum Gasteiger partial charge on any atom is 0.0781 e. The highest BCUT2D eigenvalue weighted by Crippen LogP contribution is 2.35. The lowest BCUT2D eigenvalue weighted by atomic mass is 10.1. The summed E-state index contributed by atoms with van der Waals surface area (Å²) >= 11 is 18.2. The second-order valence-corrected chi connectivity index (χ2v) is 6.05.